The number of benzene rings is 2. The van der Waals surface area contributed by atoms with Gasteiger partial charge < -0.3 is 9.84 Å². The highest BCUT2D eigenvalue weighted by Gasteiger charge is 2.17. The van der Waals surface area contributed by atoms with Gasteiger partial charge in [-0.25, -0.2) is 9.59 Å². The maximum absolute atomic E-state index is 12.1. The molecule has 0 atom stereocenters. The number of allylic oxidation sites excluding steroid dienone is 1. The molecule has 2 aromatic rings. The number of carbonyl (C=O) groups excluding carboxylic acids is 1. The second-order valence-electron chi connectivity index (χ2n) is 4.38. The summed E-state index contributed by atoms with van der Waals surface area (Å²) >= 11 is 0. The first-order valence-corrected chi connectivity index (χ1v) is 6.36. The molecule has 0 saturated carbocycles. The van der Waals surface area contributed by atoms with Crippen LogP contribution in [0.2, 0.25) is 0 Å². The molecule has 21 heavy (non-hydrogen) atoms. The molecule has 0 unspecified atom stereocenters. The summed E-state index contributed by atoms with van der Waals surface area (Å²) in [5.74, 6) is -1.48. The van der Waals surface area contributed by atoms with Crippen LogP contribution in [0, 0.1) is 0 Å². The lowest BCUT2D eigenvalue weighted by molar-refractivity contribution is 0.0668. The van der Waals surface area contributed by atoms with E-state index in [0.29, 0.717) is 12.2 Å². The number of rotatable bonds is 5. The molecular weight excluding hydrogens is 268 g/mol. The van der Waals surface area contributed by atoms with Crippen LogP contribution in [0.25, 0.3) is 0 Å². The van der Waals surface area contributed by atoms with E-state index in [0.717, 1.165) is 5.56 Å². The number of carboxylic acid groups (broad SMARTS) is 1. The monoisotopic (exact) mass is 282 g/mol. The zero-order chi connectivity index (χ0) is 15.2. The van der Waals surface area contributed by atoms with E-state index in [4.69, 9.17) is 9.84 Å². The van der Waals surface area contributed by atoms with Gasteiger partial charge in [-0.3, -0.25) is 0 Å². The average Bonchev–Trinajstić information content (AvgIpc) is 2.48. The number of aromatic carboxylic acids is 1. The molecule has 0 radical (unpaired) electrons. The Morgan fingerprint density at radius 2 is 1.81 bits per heavy atom. The van der Waals surface area contributed by atoms with Gasteiger partial charge in [0.1, 0.15) is 5.75 Å². The minimum Gasteiger partial charge on any atom is -0.478 e. The summed E-state index contributed by atoms with van der Waals surface area (Å²) < 4.78 is 5.24. The fraction of sp³-hybridized carbons (Fsp3) is 0.0588. The molecule has 0 heterocycles. The predicted molar refractivity (Wildman–Crippen MR) is 78.7 cm³/mol. The van der Waals surface area contributed by atoms with Crippen LogP contribution in [0.1, 0.15) is 26.3 Å². The maximum atomic E-state index is 12.1. The first-order chi connectivity index (χ1) is 10.1. The Kier molecular flexibility index (Phi) is 4.51. The van der Waals surface area contributed by atoms with Crippen LogP contribution in [-0.2, 0) is 6.42 Å². The first-order valence-electron chi connectivity index (χ1n) is 6.36. The molecule has 106 valence electrons. The van der Waals surface area contributed by atoms with E-state index >= 15 is 0 Å². The Labute approximate surface area is 122 Å². The number of hydrogen-bond acceptors (Lipinski definition) is 3. The van der Waals surface area contributed by atoms with E-state index < -0.39 is 11.9 Å². The summed E-state index contributed by atoms with van der Waals surface area (Å²) in [5.41, 5.74) is 0.908. The summed E-state index contributed by atoms with van der Waals surface area (Å²) in [4.78, 5) is 23.2. The quantitative estimate of drug-likeness (QED) is 0.519. The zero-order valence-corrected chi connectivity index (χ0v) is 11.3. The molecule has 0 amide bonds. The minimum absolute atomic E-state index is 0.0270. The van der Waals surface area contributed by atoms with Gasteiger partial charge in [0.05, 0.1) is 11.1 Å². The third-order valence-electron chi connectivity index (χ3n) is 2.87. The van der Waals surface area contributed by atoms with Crippen LogP contribution in [0.4, 0.5) is 0 Å². The molecule has 1 N–H and O–H groups in total. The summed E-state index contributed by atoms with van der Waals surface area (Å²) in [5, 5.41) is 9.08. The minimum atomic E-state index is -1.16. The van der Waals surface area contributed by atoms with E-state index in [2.05, 4.69) is 6.58 Å². The van der Waals surface area contributed by atoms with Crippen molar-refractivity contribution >= 4 is 11.9 Å². The summed E-state index contributed by atoms with van der Waals surface area (Å²) in [6.07, 6.45) is 2.41. The highest BCUT2D eigenvalue weighted by molar-refractivity contribution is 6.03. The summed E-state index contributed by atoms with van der Waals surface area (Å²) in [6.45, 7) is 3.65. The number of esters is 1. The Morgan fingerprint density at radius 1 is 1.10 bits per heavy atom. The largest absolute Gasteiger partial charge is 0.478 e. The van der Waals surface area contributed by atoms with Crippen molar-refractivity contribution in [2.75, 3.05) is 0 Å². The fourth-order valence-electron chi connectivity index (χ4n) is 1.91. The lowest BCUT2D eigenvalue weighted by atomic mass is 10.1. The molecule has 0 aliphatic rings. The van der Waals surface area contributed by atoms with Gasteiger partial charge in [0, 0.05) is 0 Å². The smallest absolute Gasteiger partial charge is 0.344 e. The molecule has 0 spiro atoms. The standard InChI is InChI=1S/C17H14O4/c1-2-6-12-7-5-8-13(11-12)21-17(20)15-10-4-3-9-14(15)16(18)19/h2-5,7-11H,1,6H2,(H,18,19). The molecule has 0 bridgehead atoms. The molecule has 0 aromatic heterocycles. The number of carboxylic acids is 1. The van der Waals surface area contributed by atoms with Crippen LogP contribution in [0.3, 0.4) is 0 Å². The Morgan fingerprint density at radius 3 is 2.48 bits per heavy atom. The van der Waals surface area contributed by atoms with E-state index in [-0.39, 0.29) is 11.1 Å². The van der Waals surface area contributed by atoms with Gasteiger partial charge in [-0.15, -0.1) is 6.58 Å². The van der Waals surface area contributed by atoms with Crippen molar-refractivity contribution in [2.45, 2.75) is 6.42 Å². The highest BCUT2D eigenvalue weighted by atomic mass is 16.5. The third kappa shape index (κ3) is 3.57. The van der Waals surface area contributed by atoms with Crippen molar-refractivity contribution in [3.05, 3.63) is 77.9 Å². The molecule has 4 nitrogen and oxygen atoms in total. The van der Waals surface area contributed by atoms with Crippen molar-refractivity contribution in [3.63, 3.8) is 0 Å². The second kappa shape index (κ2) is 6.52. The van der Waals surface area contributed by atoms with Crippen LogP contribution < -0.4 is 4.74 Å². The molecular formula is C17H14O4. The number of carbonyl (C=O) groups is 2. The molecule has 4 heteroatoms. The second-order valence-corrected chi connectivity index (χ2v) is 4.38. The lowest BCUT2D eigenvalue weighted by Gasteiger charge is -2.07. The van der Waals surface area contributed by atoms with Gasteiger partial charge in [-0.05, 0) is 36.2 Å². The number of ether oxygens (including phenoxy) is 1. The first kappa shape index (κ1) is 14.5. The van der Waals surface area contributed by atoms with Gasteiger partial charge in [0.25, 0.3) is 0 Å². The summed E-state index contributed by atoms with van der Waals surface area (Å²) in [6, 6.07) is 13.0. The van der Waals surface area contributed by atoms with Gasteiger partial charge in [0.2, 0.25) is 0 Å². The van der Waals surface area contributed by atoms with E-state index in [1.54, 1.807) is 36.4 Å². The van der Waals surface area contributed by atoms with Gasteiger partial charge in [0.15, 0.2) is 0 Å². The van der Waals surface area contributed by atoms with Gasteiger partial charge in [-0.1, -0.05) is 30.3 Å². The molecule has 0 aliphatic carbocycles. The van der Waals surface area contributed by atoms with Crippen LogP contribution in [0.5, 0.6) is 5.75 Å². The van der Waals surface area contributed by atoms with Crippen molar-refractivity contribution in [1.82, 2.24) is 0 Å². The van der Waals surface area contributed by atoms with Crippen molar-refractivity contribution in [3.8, 4) is 5.75 Å². The van der Waals surface area contributed by atoms with Crippen LogP contribution in [0.15, 0.2) is 61.2 Å². The SMILES string of the molecule is C=CCc1cccc(OC(=O)c2ccccc2C(=O)O)c1. The van der Waals surface area contributed by atoms with E-state index in [1.165, 1.54) is 12.1 Å². The van der Waals surface area contributed by atoms with Gasteiger partial charge >= 0.3 is 11.9 Å². The normalized spacial score (nSPS) is 9.90. The topological polar surface area (TPSA) is 63.6 Å². The molecule has 0 aliphatic heterocycles. The molecule has 2 rings (SSSR count). The number of hydrogen-bond donors (Lipinski definition) is 1. The Bertz CT molecular complexity index is 689. The fourth-order valence-corrected chi connectivity index (χ4v) is 1.91. The Balaban J connectivity index is 2.24. The maximum Gasteiger partial charge on any atom is 0.344 e. The zero-order valence-electron chi connectivity index (χ0n) is 11.3. The Hall–Kier alpha value is -2.88. The third-order valence-corrected chi connectivity index (χ3v) is 2.87. The molecule has 0 saturated heterocycles. The van der Waals surface area contributed by atoms with Crippen molar-refractivity contribution < 1.29 is 19.4 Å². The van der Waals surface area contributed by atoms with Crippen molar-refractivity contribution in [1.29, 1.82) is 0 Å². The van der Waals surface area contributed by atoms with Crippen LogP contribution in [-0.4, -0.2) is 17.0 Å². The molecule has 0 fully saturated rings. The summed E-state index contributed by atoms with van der Waals surface area (Å²) in [7, 11) is 0. The highest BCUT2D eigenvalue weighted by Crippen LogP contribution is 2.17. The predicted octanol–water partition coefficient (Wildman–Crippen LogP) is 3.33. The van der Waals surface area contributed by atoms with Crippen LogP contribution >= 0.6 is 0 Å². The van der Waals surface area contributed by atoms with E-state index in [9.17, 15) is 9.59 Å². The van der Waals surface area contributed by atoms with Crippen molar-refractivity contribution in [2.24, 2.45) is 0 Å². The van der Waals surface area contributed by atoms with E-state index in [1.807, 2.05) is 6.07 Å². The average molecular weight is 282 g/mol. The van der Waals surface area contributed by atoms with Gasteiger partial charge in [-0.2, -0.15) is 0 Å². The molecule has 2 aromatic carbocycles. The lowest BCUT2D eigenvalue weighted by Crippen LogP contribution is -2.14.